The van der Waals surface area contributed by atoms with Crippen molar-refractivity contribution < 1.29 is 9.53 Å². The number of carbonyl (C=O) groups excluding carboxylic acids is 1. The Hall–Kier alpha value is -3.81. The number of rotatable bonds is 7. The summed E-state index contributed by atoms with van der Waals surface area (Å²) in [6.45, 7) is 7.99. The van der Waals surface area contributed by atoms with Gasteiger partial charge in [-0.3, -0.25) is 4.79 Å². The Balaban J connectivity index is 1.78. The van der Waals surface area contributed by atoms with Gasteiger partial charge in [0.05, 0.1) is 12.7 Å². The van der Waals surface area contributed by atoms with E-state index < -0.39 is 11.9 Å². The van der Waals surface area contributed by atoms with Gasteiger partial charge in [0.15, 0.2) is 5.82 Å². The van der Waals surface area contributed by atoms with Crippen molar-refractivity contribution in [1.82, 2.24) is 14.8 Å². The summed E-state index contributed by atoms with van der Waals surface area (Å²) >= 11 is 0. The molecule has 1 atom stereocenters. The third-order valence-electron chi connectivity index (χ3n) is 5.78. The molecule has 0 bridgehead atoms. The molecule has 32 heavy (non-hydrogen) atoms. The molecule has 0 saturated carbocycles. The number of anilines is 2. The molecule has 1 aromatic heterocycles. The molecule has 2 aromatic carbocycles. The van der Waals surface area contributed by atoms with E-state index in [9.17, 15) is 4.79 Å². The molecule has 166 valence electrons. The summed E-state index contributed by atoms with van der Waals surface area (Å²) in [6.07, 6.45) is 0. The average Bonchev–Trinajstić information content (AvgIpc) is 3.22. The van der Waals surface area contributed by atoms with Crippen LogP contribution >= 0.6 is 0 Å². The number of allylic oxidation sites excluding steroid dienone is 1. The van der Waals surface area contributed by atoms with Crippen LogP contribution in [0.15, 0.2) is 59.8 Å². The molecule has 1 aliphatic rings. The maximum absolute atomic E-state index is 12.4. The first-order valence-electron chi connectivity index (χ1n) is 10.7. The monoisotopic (exact) mass is 432 g/mol. The number of fused-ring (bicyclic) bond motifs is 1. The van der Waals surface area contributed by atoms with Crippen molar-refractivity contribution in [3.8, 4) is 17.1 Å². The highest BCUT2D eigenvalue weighted by atomic mass is 16.5. The zero-order chi connectivity index (χ0) is 22.8. The van der Waals surface area contributed by atoms with Crippen LogP contribution in [0.5, 0.6) is 5.75 Å². The Labute approximate surface area is 187 Å². The second kappa shape index (κ2) is 8.74. The van der Waals surface area contributed by atoms with Crippen molar-refractivity contribution in [3.63, 3.8) is 0 Å². The molecule has 8 heteroatoms. The van der Waals surface area contributed by atoms with Gasteiger partial charge < -0.3 is 20.7 Å². The van der Waals surface area contributed by atoms with E-state index >= 15 is 0 Å². The third kappa shape index (κ3) is 3.79. The van der Waals surface area contributed by atoms with Gasteiger partial charge in [0, 0.05) is 30.0 Å². The normalized spacial score (nSPS) is 15.2. The molecule has 1 aliphatic heterocycles. The van der Waals surface area contributed by atoms with Gasteiger partial charge in [0.25, 0.3) is 0 Å². The standard InChI is InChI=1S/C24H28N6O2/c1-5-29(6-2)18-12-10-16(11-13-18)23-27-24-26-15(3)20(22(25)31)21(30(24)28-23)17-8-7-9-19(14-17)32-4/h7-14,21H,5-6H2,1-4H3,(H2,25,31)(H,26,27,28). The second-order valence-electron chi connectivity index (χ2n) is 7.63. The molecule has 3 aromatic rings. The van der Waals surface area contributed by atoms with Gasteiger partial charge in [-0.05, 0) is 62.7 Å². The van der Waals surface area contributed by atoms with Gasteiger partial charge in [-0.15, -0.1) is 5.10 Å². The van der Waals surface area contributed by atoms with E-state index in [4.69, 9.17) is 20.6 Å². The second-order valence-corrected chi connectivity index (χ2v) is 7.63. The molecule has 2 heterocycles. The zero-order valence-electron chi connectivity index (χ0n) is 18.8. The lowest BCUT2D eigenvalue weighted by molar-refractivity contribution is -0.115. The number of nitrogens with one attached hydrogen (secondary N) is 1. The Morgan fingerprint density at radius 3 is 2.53 bits per heavy atom. The predicted octanol–water partition coefficient (Wildman–Crippen LogP) is 3.57. The molecule has 4 rings (SSSR count). The average molecular weight is 433 g/mol. The molecular formula is C24H28N6O2. The minimum Gasteiger partial charge on any atom is -0.497 e. The van der Waals surface area contributed by atoms with Crippen molar-refractivity contribution in [2.45, 2.75) is 26.8 Å². The van der Waals surface area contributed by atoms with Crippen LogP contribution < -0.4 is 20.7 Å². The number of benzene rings is 2. The van der Waals surface area contributed by atoms with Gasteiger partial charge in [-0.1, -0.05) is 12.1 Å². The summed E-state index contributed by atoms with van der Waals surface area (Å²) in [6, 6.07) is 15.2. The Kier molecular flexibility index (Phi) is 5.85. The van der Waals surface area contributed by atoms with Crippen LogP contribution in [0.4, 0.5) is 11.6 Å². The van der Waals surface area contributed by atoms with E-state index in [1.54, 1.807) is 11.8 Å². The maximum atomic E-state index is 12.4. The summed E-state index contributed by atoms with van der Waals surface area (Å²) < 4.78 is 7.10. The van der Waals surface area contributed by atoms with E-state index in [0.29, 0.717) is 28.8 Å². The third-order valence-corrected chi connectivity index (χ3v) is 5.78. The van der Waals surface area contributed by atoms with Gasteiger partial charge in [0.2, 0.25) is 11.9 Å². The van der Waals surface area contributed by atoms with Crippen molar-refractivity contribution in [2.75, 3.05) is 30.4 Å². The zero-order valence-corrected chi connectivity index (χ0v) is 18.8. The molecule has 0 fully saturated rings. The van der Waals surface area contributed by atoms with Gasteiger partial charge >= 0.3 is 0 Å². The summed E-state index contributed by atoms with van der Waals surface area (Å²) in [4.78, 5) is 19.4. The molecule has 0 aliphatic carbocycles. The molecule has 0 saturated heterocycles. The highest BCUT2D eigenvalue weighted by molar-refractivity contribution is 5.95. The molecule has 0 spiro atoms. The van der Waals surface area contributed by atoms with Crippen LogP contribution in [0.1, 0.15) is 32.4 Å². The predicted molar refractivity (Wildman–Crippen MR) is 126 cm³/mol. The Morgan fingerprint density at radius 1 is 1.19 bits per heavy atom. The van der Waals surface area contributed by atoms with Crippen LogP contribution in [-0.4, -0.2) is 40.9 Å². The number of hydrogen-bond acceptors (Lipinski definition) is 6. The molecule has 8 nitrogen and oxygen atoms in total. The molecule has 1 unspecified atom stereocenters. The van der Waals surface area contributed by atoms with Crippen LogP contribution in [0.25, 0.3) is 11.4 Å². The molecule has 3 N–H and O–H groups in total. The van der Waals surface area contributed by atoms with Crippen LogP contribution in [0.2, 0.25) is 0 Å². The smallest absolute Gasteiger partial charge is 0.248 e. The first-order chi connectivity index (χ1) is 15.5. The van der Waals surface area contributed by atoms with E-state index in [2.05, 4.69) is 36.2 Å². The number of amides is 1. The lowest BCUT2D eigenvalue weighted by Crippen LogP contribution is -2.31. The molecule has 0 radical (unpaired) electrons. The van der Waals surface area contributed by atoms with Crippen LogP contribution in [-0.2, 0) is 4.79 Å². The highest BCUT2D eigenvalue weighted by Gasteiger charge is 2.33. The number of ether oxygens (including phenoxy) is 1. The quantitative estimate of drug-likeness (QED) is 0.592. The van der Waals surface area contributed by atoms with E-state index in [-0.39, 0.29) is 0 Å². The van der Waals surface area contributed by atoms with E-state index in [0.717, 1.165) is 29.9 Å². The highest BCUT2D eigenvalue weighted by Crippen LogP contribution is 2.37. The first-order valence-corrected chi connectivity index (χ1v) is 10.7. The first kappa shape index (κ1) is 21.4. The summed E-state index contributed by atoms with van der Waals surface area (Å²) in [5.74, 6) is 1.32. The summed E-state index contributed by atoms with van der Waals surface area (Å²) in [7, 11) is 1.61. The van der Waals surface area contributed by atoms with Crippen molar-refractivity contribution in [1.29, 1.82) is 0 Å². The number of nitrogens with two attached hydrogens (primary N) is 1. The van der Waals surface area contributed by atoms with Crippen molar-refractivity contribution in [3.05, 3.63) is 65.4 Å². The van der Waals surface area contributed by atoms with Gasteiger partial charge in [-0.25, -0.2) is 4.68 Å². The SMILES string of the molecule is CCN(CC)c1ccc(-c2nc3n(n2)C(c2cccc(OC)c2)C(C(N)=O)=C(C)N3)cc1. The number of nitrogens with zero attached hydrogens (tertiary/aromatic N) is 4. The largest absolute Gasteiger partial charge is 0.497 e. The van der Waals surface area contributed by atoms with Gasteiger partial charge in [0.1, 0.15) is 11.8 Å². The number of aromatic nitrogens is 3. The molecule has 1 amide bonds. The lowest BCUT2D eigenvalue weighted by Gasteiger charge is -2.27. The van der Waals surface area contributed by atoms with E-state index in [1.807, 2.05) is 43.3 Å². The fraction of sp³-hybridized carbons (Fsp3) is 0.292. The summed E-state index contributed by atoms with van der Waals surface area (Å²) in [5, 5.41) is 7.95. The Bertz CT molecular complexity index is 1160. The summed E-state index contributed by atoms with van der Waals surface area (Å²) in [5.41, 5.74) is 9.77. The number of primary amides is 1. The molecular weight excluding hydrogens is 404 g/mol. The number of hydrogen-bond donors (Lipinski definition) is 2. The van der Waals surface area contributed by atoms with Crippen molar-refractivity contribution >= 4 is 17.5 Å². The van der Waals surface area contributed by atoms with Crippen molar-refractivity contribution in [2.24, 2.45) is 5.73 Å². The minimum absolute atomic E-state index is 0.444. The fourth-order valence-electron chi connectivity index (χ4n) is 4.12. The maximum Gasteiger partial charge on any atom is 0.248 e. The topological polar surface area (TPSA) is 98.3 Å². The van der Waals surface area contributed by atoms with Gasteiger partial charge in [-0.2, -0.15) is 4.98 Å². The van der Waals surface area contributed by atoms with E-state index in [1.165, 1.54) is 0 Å². The number of carbonyl (C=O) groups is 1. The van der Waals surface area contributed by atoms with Crippen LogP contribution in [0.3, 0.4) is 0 Å². The lowest BCUT2D eigenvalue weighted by atomic mass is 9.95. The Morgan fingerprint density at radius 2 is 1.91 bits per heavy atom. The number of methoxy groups -OCH3 is 1. The van der Waals surface area contributed by atoms with Crippen LogP contribution in [0, 0.1) is 0 Å². The minimum atomic E-state index is -0.505. The fourth-order valence-corrected chi connectivity index (χ4v) is 4.12.